The van der Waals surface area contributed by atoms with Crippen molar-refractivity contribution in [2.45, 2.75) is 45.2 Å². The van der Waals surface area contributed by atoms with E-state index in [1.54, 1.807) is 11.3 Å². The van der Waals surface area contributed by atoms with Crippen molar-refractivity contribution in [3.8, 4) is 5.19 Å². The topological polar surface area (TPSA) is 47.0 Å². The number of rotatable bonds is 7. The van der Waals surface area contributed by atoms with Gasteiger partial charge in [0.05, 0.1) is 13.2 Å². The van der Waals surface area contributed by atoms with Crippen LogP contribution in [0.5, 0.6) is 5.19 Å². The molecule has 0 atom stereocenters. The smallest absolute Gasteiger partial charge is 0.294 e. The van der Waals surface area contributed by atoms with Crippen LogP contribution in [0.25, 0.3) is 0 Å². The van der Waals surface area contributed by atoms with Gasteiger partial charge in [0.1, 0.15) is 5.01 Å². The zero-order valence-electron chi connectivity index (χ0n) is 9.03. The SMILES string of the molecule is CCCCOc1nnc(CNC2CC2)s1. The first-order valence-corrected chi connectivity index (χ1v) is 6.38. The first kappa shape index (κ1) is 10.8. The van der Waals surface area contributed by atoms with E-state index in [0.29, 0.717) is 5.19 Å². The molecule has 2 rings (SSSR count). The van der Waals surface area contributed by atoms with Gasteiger partial charge in [-0.25, -0.2) is 0 Å². The maximum absolute atomic E-state index is 5.47. The van der Waals surface area contributed by atoms with Crippen molar-refractivity contribution in [2.24, 2.45) is 0 Å². The normalized spacial score (nSPS) is 15.5. The lowest BCUT2D eigenvalue weighted by molar-refractivity contribution is 0.305. The molecule has 0 unspecified atom stereocenters. The molecule has 1 fully saturated rings. The number of nitrogens with one attached hydrogen (secondary N) is 1. The number of ether oxygens (including phenoxy) is 1. The largest absolute Gasteiger partial charge is 0.469 e. The molecular weight excluding hydrogens is 210 g/mol. The van der Waals surface area contributed by atoms with E-state index in [1.807, 2.05) is 0 Å². The maximum atomic E-state index is 5.47. The van der Waals surface area contributed by atoms with E-state index < -0.39 is 0 Å². The van der Waals surface area contributed by atoms with Crippen LogP contribution in [0.3, 0.4) is 0 Å². The van der Waals surface area contributed by atoms with E-state index in [2.05, 4.69) is 22.4 Å². The van der Waals surface area contributed by atoms with Crippen molar-refractivity contribution >= 4 is 11.3 Å². The Hall–Kier alpha value is -0.680. The van der Waals surface area contributed by atoms with E-state index in [9.17, 15) is 0 Å². The van der Waals surface area contributed by atoms with Crippen LogP contribution in [0, 0.1) is 0 Å². The predicted octanol–water partition coefficient (Wildman–Crippen LogP) is 1.97. The molecule has 0 saturated heterocycles. The maximum Gasteiger partial charge on any atom is 0.294 e. The van der Waals surface area contributed by atoms with E-state index in [4.69, 9.17) is 4.74 Å². The fraction of sp³-hybridized carbons (Fsp3) is 0.800. The Bertz CT molecular complexity index is 299. The van der Waals surface area contributed by atoms with Crippen LogP contribution in [-0.2, 0) is 6.54 Å². The average Bonchev–Trinajstić information content (AvgIpc) is 2.97. The molecule has 1 saturated carbocycles. The Morgan fingerprint density at radius 2 is 2.33 bits per heavy atom. The van der Waals surface area contributed by atoms with Crippen molar-refractivity contribution < 1.29 is 4.74 Å². The molecule has 0 radical (unpaired) electrons. The lowest BCUT2D eigenvalue weighted by Gasteiger charge is -1.98. The summed E-state index contributed by atoms with van der Waals surface area (Å²) in [6.45, 7) is 3.73. The van der Waals surface area contributed by atoms with Crippen molar-refractivity contribution in [1.29, 1.82) is 0 Å². The Kier molecular flexibility index (Phi) is 3.91. The number of aromatic nitrogens is 2. The number of hydrogen-bond donors (Lipinski definition) is 1. The molecule has 4 nitrogen and oxygen atoms in total. The van der Waals surface area contributed by atoms with Crippen molar-refractivity contribution in [2.75, 3.05) is 6.61 Å². The summed E-state index contributed by atoms with van der Waals surface area (Å²) in [5.74, 6) is 0. The second kappa shape index (κ2) is 5.42. The average molecular weight is 227 g/mol. The summed E-state index contributed by atoms with van der Waals surface area (Å²) in [4.78, 5) is 0. The molecule has 15 heavy (non-hydrogen) atoms. The quantitative estimate of drug-likeness (QED) is 0.723. The van der Waals surface area contributed by atoms with Gasteiger partial charge < -0.3 is 10.1 Å². The molecule has 1 aliphatic rings. The Balaban J connectivity index is 1.70. The molecule has 1 heterocycles. The molecule has 1 N–H and O–H groups in total. The summed E-state index contributed by atoms with van der Waals surface area (Å²) in [5, 5.41) is 13.2. The number of hydrogen-bond acceptors (Lipinski definition) is 5. The molecule has 1 aromatic heterocycles. The molecule has 0 spiro atoms. The van der Waals surface area contributed by atoms with Gasteiger partial charge in [-0.05, 0) is 19.3 Å². The van der Waals surface area contributed by atoms with E-state index in [0.717, 1.165) is 37.0 Å². The summed E-state index contributed by atoms with van der Waals surface area (Å²) in [6.07, 6.45) is 4.83. The fourth-order valence-corrected chi connectivity index (χ4v) is 1.85. The Morgan fingerprint density at radius 1 is 1.47 bits per heavy atom. The Labute approximate surface area is 94.1 Å². The van der Waals surface area contributed by atoms with Crippen molar-refractivity contribution in [3.63, 3.8) is 0 Å². The molecule has 0 bridgehead atoms. The molecule has 5 heteroatoms. The van der Waals surface area contributed by atoms with Crippen LogP contribution in [0.15, 0.2) is 0 Å². The third kappa shape index (κ3) is 3.76. The van der Waals surface area contributed by atoms with Crippen molar-refractivity contribution in [1.82, 2.24) is 15.5 Å². The summed E-state index contributed by atoms with van der Waals surface area (Å²) in [6, 6.07) is 0.721. The third-order valence-corrected chi connectivity index (χ3v) is 3.13. The molecular formula is C10H17N3OS. The van der Waals surface area contributed by atoms with Gasteiger partial charge >= 0.3 is 0 Å². The van der Waals surface area contributed by atoms with Gasteiger partial charge in [-0.15, -0.1) is 10.2 Å². The summed E-state index contributed by atoms with van der Waals surface area (Å²) >= 11 is 1.55. The standard InChI is InChI=1S/C10H17N3OS/c1-2-3-6-14-10-13-12-9(15-10)7-11-8-4-5-8/h8,11H,2-7H2,1H3. The van der Waals surface area contributed by atoms with Gasteiger partial charge in [0.25, 0.3) is 5.19 Å². The Morgan fingerprint density at radius 3 is 3.07 bits per heavy atom. The van der Waals surface area contributed by atoms with Crippen LogP contribution in [-0.4, -0.2) is 22.8 Å². The second-order valence-corrected chi connectivity index (χ2v) is 4.84. The van der Waals surface area contributed by atoms with Gasteiger partial charge in [0, 0.05) is 6.04 Å². The molecule has 1 aromatic rings. The highest BCUT2D eigenvalue weighted by molar-refractivity contribution is 7.13. The lowest BCUT2D eigenvalue weighted by Crippen LogP contribution is -2.14. The molecule has 0 aromatic carbocycles. The van der Waals surface area contributed by atoms with Gasteiger partial charge in [0.15, 0.2) is 0 Å². The summed E-state index contributed by atoms with van der Waals surface area (Å²) in [7, 11) is 0. The van der Waals surface area contributed by atoms with Crippen LogP contribution in [0.4, 0.5) is 0 Å². The third-order valence-electron chi connectivity index (χ3n) is 2.29. The summed E-state index contributed by atoms with van der Waals surface area (Å²) < 4.78 is 5.47. The minimum absolute atomic E-state index is 0.705. The van der Waals surface area contributed by atoms with Gasteiger partial charge in [-0.2, -0.15) is 0 Å². The highest BCUT2D eigenvalue weighted by Crippen LogP contribution is 2.22. The zero-order valence-corrected chi connectivity index (χ0v) is 9.85. The van der Waals surface area contributed by atoms with Gasteiger partial charge in [-0.3, -0.25) is 0 Å². The number of unbranched alkanes of at least 4 members (excludes halogenated alkanes) is 1. The molecule has 84 valence electrons. The number of nitrogens with zero attached hydrogens (tertiary/aromatic N) is 2. The molecule has 1 aliphatic carbocycles. The lowest BCUT2D eigenvalue weighted by atomic mass is 10.4. The van der Waals surface area contributed by atoms with Crippen LogP contribution in [0.2, 0.25) is 0 Å². The second-order valence-electron chi connectivity index (χ2n) is 3.82. The van der Waals surface area contributed by atoms with E-state index >= 15 is 0 Å². The fourth-order valence-electron chi connectivity index (χ4n) is 1.19. The van der Waals surface area contributed by atoms with E-state index in [-0.39, 0.29) is 0 Å². The van der Waals surface area contributed by atoms with Crippen LogP contribution < -0.4 is 10.1 Å². The minimum atomic E-state index is 0.705. The highest BCUT2D eigenvalue weighted by Gasteiger charge is 2.20. The minimum Gasteiger partial charge on any atom is -0.469 e. The van der Waals surface area contributed by atoms with Gasteiger partial charge in [0.2, 0.25) is 0 Å². The van der Waals surface area contributed by atoms with Crippen LogP contribution >= 0.6 is 11.3 Å². The first-order chi connectivity index (χ1) is 7.38. The summed E-state index contributed by atoms with van der Waals surface area (Å²) in [5.41, 5.74) is 0. The van der Waals surface area contributed by atoms with Gasteiger partial charge in [-0.1, -0.05) is 24.7 Å². The van der Waals surface area contributed by atoms with E-state index in [1.165, 1.54) is 12.8 Å². The predicted molar refractivity (Wildman–Crippen MR) is 60.2 cm³/mol. The monoisotopic (exact) mass is 227 g/mol. The highest BCUT2D eigenvalue weighted by atomic mass is 32.1. The molecule has 0 aliphatic heterocycles. The molecule has 0 amide bonds. The van der Waals surface area contributed by atoms with Crippen LogP contribution in [0.1, 0.15) is 37.6 Å². The first-order valence-electron chi connectivity index (χ1n) is 5.57. The zero-order chi connectivity index (χ0) is 10.5. The van der Waals surface area contributed by atoms with Crippen molar-refractivity contribution in [3.05, 3.63) is 5.01 Å².